The molecule has 0 aliphatic rings. The maximum absolute atomic E-state index is 12.7. The summed E-state index contributed by atoms with van der Waals surface area (Å²) in [5.74, 6) is 0. The first-order valence-corrected chi connectivity index (χ1v) is 8.89. The van der Waals surface area contributed by atoms with Gasteiger partial charge in [0.15, 0.2) is 4.90 Å². The molecule has 1 N–H and O–H groups in total. The van der Waals surface area contributed by atoms with E-state index in [9.17, 15) is 18.5 Å². The number of nitro groups is 1. The zero-order chi connectivity index (χ0) is 18.2. The van der Waals surface area contributed by atoms with E-state index in [0.29, 0.717) is 11.1 Å². The molecule has 0 aliphatic carbocycles. The van der Waals surface area contributed by atoms with Crippen molar-refractivity contribution in [3.63, 3.8) is 0 Å². The van der Waals surface area contributed by atoms with Gasteiger partial charge in [0.2, 0.25) is 0 Å². The van der Waals surface area contributed by atoms with Gasteiger partial charge in [-0.25, -0.2) is 8.42 Å². The molecule has 2 aromatic carbocycles. The monoisotopic (exact) mass is 357 g/mol. The molecule has 7 nitrogen and oxygen atoms in total. The topological polar surface area (TPSA) is 102 Å². The van der Waals surface area contributed by atoms with Crippen LogP contribution in [0.1, 0.15) is 11.1 Å². The Morgan fingerprint density at radius 1 is 1.08 bits per heavy atom. The van der Waals surface area contributed by atoms with Gasteiger partial charge in [-0.3, -0.25) is 19.8 Å². The van der Waals surface area contributed by atoms with Crippen LogP contribution in [-0.4, -0.2) is 18.3 Å². The highest BCUT2D eigenvalue weighted by Gasteiger charge is 2.26. The van der Waals surface area contributed by atoms with E-state index in [1.54, 1.807) is 25.3 Å². The second-order valence-corrected chi connectivity index (χ2v) is 7.37. The van der Waals surface area contributed by atoms with Crippen LogP contribution in [0, 0.1) is 24.0 Å². The standard InChI is InChI=1S/C17H15N3O4S/c1-11-6-7-16(15(9-11)20(21)22)25(23,24)19-14-5-3-4-13-8-12(2)10-18-17(13)14/h3-10,19H,1-2H3. The molecule has 0 radical (unpaired) electrons. The molecule has 128 valence electrons. The average Bonchev–Trinajstić information content (AvgIpc) is 2.54. The van der Waals surface area contributed by atoms with E-state index in [0.717, 1.165) is 10.9 Å². The van der Waals surface area contributed by atoms with Crippen LogP contribution in [0.25, 0.3) is 10.9 Å². The molecule has 0 unspecified atom stereocenters. The van der Waals surface area contributed by atoms with Crippen LogP contribution in [-0.2, 0) is 10.0 Å². The summed E-state index contributed by atoms with van der Waals surface area (Å²) in [4.78, 5) is 14.4. The van der Waals surface area contributed by atoms with Crippen molar-refractivity contribution in [3.8, 4) is 0 Å². The van der Waals surface area contributed by atoms with Gasteiger partial charge in [0.1, 0.15) is 0 Å². The third kappa shape index (κ3) is 3.29. The number of benzene rings is 2. The van der Waals surface area contributed by atoms with E-state index in [1.165, 1.54) is 18.2 Å². The summed E-state index contributed by atoms with van der Waals surface area (Å²) in [6, 6.07) is 11.0. The molecule has 1 aromatic heterocycles. The second kappa shape index (κ2) is 6.14. The first-order valence-electron chi connectivity index (χ1n) is 7.41. The van der Waals surface area contributed by atoms with E-state index < -0.39 is 20.6 Å². The highest BCUT2D eigenvalue weighted by molar-refractivity contribution is 7.92. The first kappa shape index (κ1) is 16.8. The summed E-state index contributed by atoms with van der Waals surface area (Å²) in [5, 5.41) is 12.0. The number of hydrogen-bond donors (Lipinski definition) is 1. The van der Waals surface area contributed by atoms with Crippen molar-refractivity contribution in [2.24, 2.45) is 0 Å². The number of aryl methyl sites for hydroxylation is 2. The van der Waals surface area contributed by atoms with Gasteiger partial charge in [0, 0.05) is 17.6 Å². The molecular formula is C17H15N3O4S. The Bertz CT molecular complexity index is 1090. The van der Waals surface area contributed by atoms with Crippen molar-refractivity contribution in [2.45, 2.75) is 18.7 Å². The SMILES string of the molecule is Cc1ccc(S(=O)(=O)Nc2cccc3cc(C)cnc23)c([N+](=O)[O-])c1. The highest BCUT2D eigenvalue weighted by Crippen LogP contribution is 2.29. The normalized spacial score (nSPS) is 11.4. The predicted molar refractivity (Wildman–Crippen MR) is 95.1 cm³/mol. The lowest BCUT2D eigenvalue weighted by molar-refractivity contribution is -0.387. The van der Waals surface area contributed by atoms with Gasteiger partial charge in [0.25, 0.3) is 15.7 Å². The Hall–Kier alpha value is -3.00. The summed E-state index contributed by atoms with van der Waals surface area (Å²) in [7, 11) is -4.14. The summed E-state index contributed by atoms with van der Waals surface area (Å²) >= 11 is 0. The lowest BCUT2D eigenvalue weighted by Gasteiger charge is -2.11. The van der Waals surface area contributed by atoms with Crippen molar-refractivity contribution in [2.75, 3.05) is 4.72 Å². The number of fused-ring (bicyclic) bond motifs is 1. The molecule has 0 spiro atoms. The van der Waals surface area contributed by atoms with Gasteiger partial charge in [-0.1, -0.05) is 18.2 Å². The van der Waals surface area contributed by atoms with Crippen LogP contribution < -0.4 is 4.72 Å². The third-order valence-electron chi connectivity index (χ3n) is 3.69. The Balaban J connectivity index is 2.11. The second-order valence-electron chi connectivity index (χ2n) is 5.72. The molecule has 3 aromatic rings. The van der Waals surface area contributed by atoms with Gasteiger partial charge >= 0.3 is 0 Å². The smallest absolute Gasteiger partial charge is 0.277 e. The lowest BCUT2D eigenvalue weighted by atomic mass is 10.1. The largest absolute Gasteiger partial charge is 0.290 e. The van der Waals surface area contributed by atoms with Crippen LogP contribution in [0.3, 0.4) is 0 Å². The van der Waals surface area contributed by atoms with Gasteiger partial charge in [-0.15, -0.1) is 0 Å². The van der Waals surface area contributed by atoms with Crippen molar-refractivity contribution >= 4 is 32.3 Å². The van der Waals surface area contributed by atoms with Crippen LogP contribution >= 0.6 is 0 Å². The Morgan fingerprint density at radius 3 is 2.56 bits per heavy atom. The van der Waals surface area contributed by atoms with Crippen LogP contribution in [0.2, 0.25) is 0 Å². The van der Waals surface area contributed by atoms with Gasteiger partial charge in [-0.05, 0) is 43.2 Å². The summed E-state index contributed by atoms with van der Waals surface area (Å²) in [6.45, 7) is 3.55. The lowest BCUT2D eigenvalue weighted by Crippen LogP contribution is -2.15. The zero-order valence-corrected chi connectivity index (χ0v) is 14.4. The maximum Gasteiger partial charge on any atom is 0.290 e. The minimum atomic E-state index is -4.14. The number of hydrogen-bond acceptors (Lipinski definition) is 5. The van der Waals surface area contributed by atoms with E-state index in [1.807, 2.05) is 19.1 Å². The van der Waals surface area contributed by atoms with E-state index in [2.05, 4.69) is 9.71 Å². The Labute approximate surface area is 144 Å². The van der Waals surface area contributed by atoms with Crippen LogP contribution in [0.15, 0.2) is 53.6 Å². The highest BCUT2D eigenvalue weighted by atomic mass is 32.2. The van der Waals surface area contributed by atoms with Gasteiger partial charge in [-0.2, -0.15) is 0 Å². The molecule has 0 saturated heterocycles. The Kier molecular flexibility index (Phi) is 4.13. The number of sulfonamides is 1. The summed E-state index contributed by atoms with van der Waals surface area (Å²) in [5.41, 5.74) is 1.84. The number of anilines is 1. The van der Waals surface area contributed by atoms with Gasteiger partial charge in [0.05, 0.1) is 16.1 Å². The predicted octanol–water partition coefficient (Wildman–Crippen LogP) is 3.56. The molecule has 0 fully saturated rings. The number of nitro benzene ring substituents is 1. The van der Waals surface area contributed by atoms with Crippen molar-refractivity contribution in [3.05, 3.63) is 69.9 Å². The quantitative estimate of drug-likeness (QED) is 0.568. The summed E-state index contributed by atoms with van der Waals surface area (Å²) in [6.07, 6.45) is 1.63. The van der Waals surface area contributed by atoms with E-state index in [-0.39, 0.29) is 10.6 Å². The number of pyridine rings is 1. The average molecular weight is 357 g/mol. The third-order valence-corrected chi connectivity index (χ3v) is 5.11. The molecular weight excluding hydrogens is 342 g/mol. The maximum atomic E-state index is 12.7. The van der Waals surface area contributed by atoms with Crippen LogP contribution in [0.4, 0.5) is 11.4 Å². The minimum Gasteiger partial charge on any atom is -0.277 e. The fourth-order valence-corrected chi connectivity index (χ4v) is 3.77. The van der Waals surface area contributed by atoms with Crippen molar-refractivity contribution in [1.29, 1.82) is 0 Å². The minimum absolute atomic E-state index is 0.271. The van der Waals surface area contributed by atoms with Crippen molar-refractivity contribution in [1.82, 2.24) is 4.98 Å². The molecule has 0 atom stereocenters. The summed E-state index contributed by atoms with van der Waals surface area (Å²) < 4.78 is 27.8. The molecule has 25 heavy (non-hydrogen) atoms. The molecule has 0 saturated carbocycles. The number of aromatic nitrogens is 1. The first-order chi connectivity index (χ1) is 11.8. The van der Waals surface area contributed by atoms with E-state index in [4.69, 9.17) is 0 Å². The Morgan fingerprint density at radius 2 is 1.84 bits per heavy atom. The van der Waals surface area contributed by atoms with Crippen molar-refractivity contribution < 1.29 is 13.3 Å². The molecule has 0 amide bonds. The van der Waals surface area contributed by atoms with Gasteiger partial charge < -0.3 is 0 Å². The number of nitrogens with one attached hydrogen (secondary N) is 1. The fraction of sp³-hybridized carbons (Fsp3) is 0.118. The fourth-order valence-electron chi connectivity index (χ4n) is 2.55. The molecule has 8 heteroatoms. The molecule has 3 rings (SSSR count). The number of nitrogens with zero attached hydrogens (tertiary/aromatic N) is 2. The molecule has 0 aliphatic heterocycles. The van der Waals surface area contributed by atoms with Crippen LogP contribution in [0.5, 0.6) is 0 Å². The zero-order valence-electron chi connectivity index (χ0n) is 13.6. The number of para-hydroxylation sites is 1. The van der Waals surface area contributed by atoms with E-state index >= 15 is 0 Å². The molecule has 1 heterocycles. The molecule has 0 bridgehead atoms. The number of rotatable bonds is 4.